The largest absolute Gasteiger partial charge is 0.302 e. The van der Waals surface area contributed by atoms with Crippen LogP contribution in [0.5, 0.6) is 0 Å². The summed E-state index contributed by atoms with van der Waals surface area (Å²) in [4.78, 5) is 42.4. The molecule has 4 rings (SSSR count). The molecule has 3 aromatic rings. The molecule has 6 nitrogen and oxygen atoms in total. The Labute approximate surface area is 163 Å². The van der Waals surface area contributed by atoms with E-state index in [1.54, 1.807) is 42.5 Å². The molecule has 2 heterocycles. The van der Waals surface area contributed by atoms with Gasteiger partial charge in [0.05, 0.1) is 16.6 Å². The fourth-order valence-corrected chi connectivity index (χ4v) is 4.13. The monoisotopic (exact) mass is 399 g/mol. The lowest BCUT2D eigenvalue weighted by molar-refractivity contribution is -0.128. The molecule has 0 saturated carbocycles. The van der Waals surface area contributed by atoms with Gasteiger partial charge in [-0.2, -0.15) is 0 Å². The number of benzene rings is 2. The molecule has 1 aliphatic rings. The molecule has 8 heteroatoms. The molecule has 1 aromatic heterocycles. The molecule has 0 spiro atoms. The number of fused-ring (bicyclic) bond motifs is 2. The Morgan fingerprint density at radius 1 is 1.22 bits per heavy atom. The van der Waals surface area contributed by atoms with Crippen LogP contribution in [-0.4, -0.2) is 34.2 Å². The Morgan fingerprint density at radius 2 is 2.04 bits per heavy atom. The molecule has 0 bridgehead atoms. The van der Waals surface area contributed by atoms with Gasteiger partial charge in [0.15, 0.2) is 5.13 Å². The van der Waals surface area contributed by atoms with Crippen LogP contribution in [0.2, 0.25) is 5.02 Å². The lowest BCUT2D eigenvalue weighted by Crippen LogP contribution is -2.43. The Hall–Kier alpha value is -2.77. The van der Waals surface area contributed by atoms with E-state index in [0.29, 0.717) is 15.7 Å². The number of amides is 3. The highest BCUT2D eigenvalue weighted by Crippen LogP contribution is 2.28. The smallest absolute Gasteiger partial charge is 0.260 e. The van der Waals surface area contributed by atoms with Gasteiger partial charge in [-0.05, 0) is 29.8 Å². The standard InChI is InChI=1S/C19H14ClN3O3S/c20-12-5-6-14-15(10-12)27-19(21-14)22-16(24)7-8-23-17(25)9-11-3-1-2-4-13(11)18(23)26/h1-6,10H,7-9H2,(H,21,22,24). The molecular formula is C19H14ClN3O3S. The van der Waals surface area contributed by atoms with Gasteiger partial charge in [0.2, 0.25) is 11.8 Å². The van der Waals surface area contributed by atoms with Crippen molar-refractivity contribution in [1.82, 2.24) is 9.88 Å². The highest BCUT2D eigenvalue weighted by molar-refractivity contribution is 7.22. The maximum Gasteiger partial charge on any atom is 0.260 e. The second-order valence-electron chi connectivity index (χ2n) is 6.11. The second-order valence-corrected chi connectivity index (χ2v) is 7.58. The number of nitrogens with one attached hydrogen (secondary N) is 1. The minimum absolute atomic E-state index is 0.0102. The van der Waals surface area contributed by atoms with Gasteiger partial charge < -0.3 is 5.32 Å². The molecule has 0 radical (unpaired) electrons. The van der Waals surface area contributed by atoms with Gasteiger partial charge in [0.25, 0.3) is 5.91 Å². The molecule has 0 atom stereocenters. The third-order valence-corrected chi connectivity index (χ3v) is 5.46. The first-order valence-corrected chi connectivity index (χ1v) is 9.49. The zero-order chi connectivity index (χ0) is 19.0. The molecule has 2 aromatic carbocycles. The van der Waals surface area contributed by atoms with Gasteiger partial charge in [0.1, 0.15) is 0 Å². The number of halogens is 1. The van der Waals surface area contributed by atoms with Crippen LogP contribution in [0.4, 0.5) is 5.13 Å². The number of aromatic nitrogens is 1. The number of anilines is 1. The minimum atomic E-state index is -0.357. The maximum absolute atomic E-state index is 12.5. The van der Waals surface area contributed by atoms with Crippen molar-refractivity contribution < 1.29 is 14.4 Å². The van der Waals surface area contributed by atoms with E-state index in [9.17, 15) is 14.4 Å². The van der Waals surface area contributed by atoms with E-state index in [4.69, 9.17) is 11.6 Å². The van der Waals surface area contributed by atoms with E-state index >= 15 is 0 Å². The van der Waals surface area contributed by atoms with Gasteiger partial charge in [-0.1, -0.05) is 41.1 Å². The average molecular weight is 400 g/mol. The van der Waals surface area contributed by atoms with Crippen molar-refractivity contribution in [1.29, 1.82) is 0 Å². The lowest BCUT2D eigenvalue weighted by atomic mass is 9.98. The summed E-state index contributed by atoms with van der Waals surface area (Å²) in [6, 6.07) is 12.3. The summed E-state index contributed by atoms with van der Waals surface area (Å²) in [6.07, 6.45) is 0.179. The van der Waals surface area contributed by atoms with Crippen molar-refractivity contribution >= 4 is 56.0 Å². The van der Waals surface area contributed by atoms with Crippen LogP contribution in [0.25, 0.3) is 10.2 Å². The summed E-state index contributed by atoms with van der Waals surface area (Å²) in [6.45, 7) is 0.0363. The van der Waals surface area contributed by atoms with E-state index < -0.39 is 0 Å². The van der Waals surface area contributed by atoms with Gasteiger partial charge >= 0.3 is 0 Å². The summed E-state index contributed by atoms with van der Waals surface area (Å²) in [5.41, 5.74) is 1.99. The summed E-state index contributed by atoms with van der Waals surface area (Å²) >= 11 is 7.27. The number of thiazole rings is 1. The van der Waals surface area contributed by atoms with Crippen molar-refractivity contribution in [2.45, 2.75) is 12.8 Å². The van der Waals surface area contributed by atoms with Crippen molar-refractivity contribution in [3.8, 4) is 0 Å². The molecule has 1 N–H and O–H groups in total. The van der Waals surface area contributed by atoms with Gasteiger partial charge in [0, 0.05) is 23.6 Å². The summed E-state index contributed by atoms with van der Waals surface area (Å²) in [7, 11) is 0. The zero-order valence-corrected chi connectivity index (χ0v) is 15.6. The minimum Gasteiger partial charge on any atom is -0.302 e. The third kappa shape index (κ3) is 3.56. The van der Waals surface area contributed by atoms with E-state index in [2.05, 4.69) is 10.3 Å². The predicted molar refractivity (Wildman–Crippen MR) is 104 cm³/mol. The number of carbonyl (C=O) groups excluding carboxylic acids is 3. The Kier molecular flexibility index (Phi) is 4.63. The fourth-order valence-electron chi connectivity index (χ4n) is 2.97. The second kappa shape index (κ2) is 7.09. The molecule has 0 fully saturated rings. The maximum atomic E-state index is 12.5. The normalized spacial score (nSPS) is 13.7. The third-order valence-electron chi connectivity index (χ3n) is 4.29. The topological polar surface area (TPSA) is 79.4 Å². The molecule has 27 heavy (non-hydrogen) atoms. The predicted octanol–water partition coefficient (Wildman–Crippen LogP) is 3.50. The first kappa shape index (κ1) is 17.6. The van der Waals surface area contributed by atoms with Crippen LogP contribution >= 0.6 is 22.9 Å². The Bertz CT molecular complexity index is 1080. The zero-order valence-electron chi connectivity index (χ0n) is 14.1. The summed E-state index contributed by atoms with van der Waals surface area (Å²) in [5.74, 6) is -0.954. The molecule has 0 aliphatic carbocycles. The highest BCUT2D eigenvalue weighted by atomic mass is 35.5. The van der Waals surface area contributed by atoms with Crippen LogP contribution in [0.3, 0.4) is 0 Å². The van der Waals surface area contributed by atoms with E-state index in [1.807, 2.05) is 0 Å². The van der Waals surface area contributed by atoms with Crippen LogP contribution in [0.1, 0.15) is 22.3 Å². The van der Waals surface area contributed by atoms with Crippen LogP contribution in [0, 0.1) is 0 Å². The van der Waals surface area contributed by atoms with Gasteiger partial charge in [-0.25, -0.2) is 4.98 Å². The summed E-state index contributed by atoms with van der Waals surface area (Å²) < 4.78 is 0.871. The van der Waals surface area contributed by atoms with E-state index in [1.165, 1.54) is 11.3 Å². The first-order chi connectivity index (χ1) is 13.0. The molecule has 1 aliphatic heterocycles. The average Bonchev–Trinajstić information content (AvgIpc) is 3.02. The highest BCUT2D eigenvalue weighted by Gasteiger charge is 2.30. The van der Waals surface area contributed by atoms with E-state index in [0.717, 1.165) is 20.7 Å². The Balaban J connectivity index is 1.41. The fraction of sp³-hybridized carbons (Fsp3) is 0.158. The van der Waals surface area contributed by atoms with Crippen molar-refractivity contribution in [2.24, 2.45) is 0 Å². The molecule has 3 amide bonds. The SMILES string of the molecule is O=C(CCN1C(=O)Cc2ccccc2C1=O)Nc1nc2ccc(Cl)cc2s1. The molecule has 0 unspecified atom stereocenters. The number of carbonyl (C=O) groups is 3. The number of hydrogen-bond acceptors (Lipinski definition) is 5. The van der Waals surface area contributed by atoms with E-state index in [-0.39, 0.29) is 37.1 Å². The quantitative estimate of drug-likeness (QED) is 0.681. The molecular weight excluding hydrogens is 386 g/mol. The number of nitrogens with zero attached hydrogens (tertiary/aromatic N) is 2. The van der Waals surface area contributed by atoms with Crippen molar-refractivity contribution in [2.75, 3.05) is 11.9 Å². The number of rotatable bonds is 4. The van der Waals surface area contributed by atoms with Gasteiger partial charge in [-0.3, -0.25) is 19.3 Å². The van der Waals surface area contributed by atoms with Crippen molar-refractivity contribution in [3.05, 3.63) is 58.6 Å². The first-order valence-electron chi connectivity index (χ1n) is 8.30. The van der Waals surface area contributed by atoms with Gasteiger partial charge in [-0.15, -0.1) is 0 Å². The number of imide groups is 1. The number of hydrogen-bond donors (Lipinski definition) is 1. The van der Waals surface area contributed by atoms with Crippen LogP contribution < -0.4 is 5.32 Å². The molecule has 136 valence electrons. The van der Waals surface area contributed by atoms with Crippen LogP contribution in [0.15, 0.2) is 42.5 Å². The summed E-state index contributed by atoms with van der Waals surface area (Å²) in [5, 5.41) is 3.78. The Morgan fingerprint density at radius 3 is 2.89 bits per heavy atom. The van der Waals surface area contributed by atoms with Crippen molar-refractivity contribution in [3.63, 3.8) is 0 Å². The van der Waals surface area contributed by atoms with Crippen LogP contribution in [-0.2, 0) is 16.0 Å². The lowest BCUT2D eigenvalue weighted by Gasteiger charge is -2.26. The molecule has 0 saturated heterocycles.